The largest absolute Gasteiger partial charge is 0.492 e. The summed E-state index contributed by atoms with van der Waals surface area (Å²) in [7, 11) is 2.46. The van der Waals surface area contributed by atoms with E-state index in [1.54, 1.807) is 0 Å². The summed E-state index contributed by atoms with van der Waals surface area (Å²) in [4.78, 5) is 15.7. The molecule has 0 N–H and O–H groups in total. The van der Waals surface area contributed by atoms with Crippen molar-refractivity contribution in [1.29, 1.82) is 0 Å². The maximum atomic E-state index is 14.4. The van der Waals surface area contributed by atoms with Crippen LogP contribution < -0.4 is 4.74 Å². The highest BCUT2D eigenvalue weighted by atomic mass is 35.5. The topological polar surface area (TPSA) is 48.4 Å². The summed E-state index contributed by atoms with van der Waals surface area (Å²) in [6.45, 7) is 0. The Kier molecular flexibility index (Phi) is 5.11. The van der Waals surface area contributed by atoms with E-state index in [1.807, 2.05) is 0 Å². The molecule has 116 valence electrons. The van der Waals surface area contributed by atoms with E-state index in [-0.39, 0.29) is 37.8 Å². The molecule has 0 aliphatic heterocycles. The fourth-order valence-electron chi connectivity index (χ4n) is 1.79. The molecule has 0 saturated heterocycles. The number of ether oxygens (including phenoxy) is 2. The van der Waals surface area contributed by atoms with Crippen LogP contribution in [0, 0.1) is 5.82 Å². The highest BCUT2D eigenvalue weighted by Gasteiger charge is 2.21. The molecule has 0 saturated carbocycles. The zero-order valence-corrected chi connectivity index (χ0v) is 13.7. The van der Waals surface area contributed by atoms with Crippen LogP contribution in [0.4, 0.5) is 4.39 Å². The van der Waals surface area contributed by atoms with E-state index in [1.165, 1.54) is 32.4 Å². The third kappa shape index (κ3) is 2.97. The molecule has 8 heteroatoms. The molecule has 0 atom stereocenters. The number of rotatable bonds is 3. The van der Waals surface area contributed by atoms with Crippen molar-refractivity contribution in [2.45, 2.75) is 0 Å². The lowest BCUT2D eigenvalue weighted by atomic mass is 10.1. The fraction of sp³-hybridized carbons (Fsp3) is 0.143. The van der Waals surface area contributed by atoms with Gasteiger partial charge in [0.1, 0.15) is 0 Å². The molecule has 2 rings (SSSR count). The van der Waals surface area contributed by atoms with Gasteiger partial charge in [0.15, 0.2) is 17.3 Å². The Bertz CT molecular complexity index is 753. The maximum Gasteiger partial charge on any atom is 0.358 e. The summed E-state index contributed by atoms with van der Waals surface area (Å²) in [5, 5.41) is 0.0796. The second-order valence-corrected chi connectivity index (χ2v) is 5.28. The molecule has 2 aromatic rings. The number of benzene rings is 1. The number of carbonyl (C=O) groups excluding carboxylic acids is 1. The number of carbonyl (C=O) groups is 1. The van der Waals surface area contributed by atoms with Crippen LogP contribution in [-0.2, 0) is 4.74 Å². The molecule has 1 aromatic heterocycles. The number of hydrogen-bond acceptors (Lipinski definition) is 4. The first kappa shape index (κ1) is 16.8. The number of esters is 1. The Balaban J connectivity index is 2.69. The highest BCUT2D eigenvalue weighted by molar-refractivity contribution is 6.43. The van der Waals surface area contributed by atoms with Crippen molar-refractivity contribution in [1.82, 2.24) is 4.98 Å². The van der Waals surface area contributed by atoms with Gasteiger partial charge >= 0.3 is 5.97 Å². The summed E-state index contributed by atoms with van der Waals surface area (Å²) >= 11 is 17.7. The van der Waals surface area contributed by atoms with Crippen molar-refractivity contribution in [3.8, 4) is 17.0 Å². The fourth-order valence-corrected chi connectivity index (χ4v) is 2.38. The van der Waals surface area contributed by atoms with Gasteiger partial charge in [0.25, 0.3) is 0 Å². The van der Waals surface area contributed by atoms with Crippen molar-refractivity contribution in [3.05, 3.63) is 44.8 Å². The van der Waals surface area contributed by atoms with Gasteiger partial charge in [-0.15, -0.1) is 0 Å². The minimum Gasteiger partial charge on any atom is -0.492 e. The Morgan fingerprint density at radius 3 is 2.45 bits per heavy atom. The van der Waals surface area contributed by atoms with Crippen molar-refractivity contribution in [2.75, 3.05) is 14.2 Å². The molecular formula is C14H9Cl3FNO3. The van der Waals surface area contributed by atoms with Crippen molar-refractivity contribution in [2.24, 2.45) is 0 Å². The summed E-state index contributed by atoms with van der Waals surface area (Å²) in [6.07, 6.45) is 0. The van der Waals surface area contributed by atoms with Crippen LogP contribution in [0.3, 0.4) is 0 Å². The third-order valence-corrected chi connectivity index (χ3v) is 3.90. The first-order valence-electron chi connectivity index (χ1n) is 5.87. The Morgan fingerprint density at radius 1 is 1.18 bits per heavy atom. The summed E-state index contributed by atoms with van der Waals surface area (Å²) < 4.78 is 23.9. The molecule has 0 aliphatic rings. The smallest absolute Gasteiger partial charge is 0.358 e. The average molecular weight is 365 g/mol. The van der Waals surface area contributed by atoms with Crippen LogP contribution in [0.25, 0.3) is 11.3 Å². The molecule has 1 aromatic carbocycles. The molecule has 0 amide bonds. The molecule has 0 unspecified atom stereocenters. The number of nitrogens with zero attached hydrogens (tertiary/aromatic N) is 1. The maximum absolute atomic E-state index is 14.4. The predicted octanol–water partition coefficient (Wildman–Crippen LogP) is 4.64. The first-order valence-corrected chi connectivity index (χ1v) is 7.00. The Morgan fingerprint density at radius 2 is 1.86 bits per heavy atom. The molecular weight excluding hydrogens is 356 g/mol. The van der Waals surface area contributed by atoms with Gasteiger partial charge < -0.3 is 9.47 Å². The van der Waals surface area contributed by atoms with Crippen LogP contribution in [0.5, 0.6) is 5.75 Å². The van der Waals surface area contributed by atoms with E-state index >= 15 is 0 Å². The minimum absolute atomic E-state index is 0.0420. The molecule has 0 fully saturated rings. The zero-order chi connectivity index (χ0) is 16.4. The van der Waals surface area contributed by atoms with Gasteiger partial charge in [0.2, 0.25) is 0 Å². The standard InChI is InChI=1S/C14H9Cl3FNO3/c1-21-13-7(15)4-3-6(11(13)18)9-5-8(16)10(17)12(19-9)14(20)22-2/h3-5H,1-2H3. The molecule has 0 aliphatic carbocycles. The average Bonchev–Trinajstić information content (AvgIpc) is 2.50. The zero-order valence-electron chi connectivity index (χ0n) is 11.4. The van der Waals surface area contributed by atoms with Crippen LogP contribution >= 0.6 is 34.8 Å². The third-order valence-electron chi connectivity index (χ3n) is 2.82. The van der Waals surface area contributed by atoms with Gasteiger partial charge in [-0.3, -0.25) is 0 Å². The van der Waals surface area contributed by atoms with Crippen LogP contribution in [-0.4, -0.2) is 25.2 Å². The van der Waals surface area contributed by atoms with Crippen molar-refractivity contribution in [3.63, 3.8) is 0 Å². The monoisotopic (exact) mass is 363 g/mol. The number of methoxy groups -OCH3 is 2. The van der Waals surface area contributed by atoms with Gasteiger partial charge in [-0.1, -0.05) is 34.8 Å². The number of hydrogen-bond donors (Lipinski definition) is 0. The molecule has 0 radical (unpaired) electrons. The summed E-state index contributed by atoms with van der Waals surface area (Å²) in [5.74, 6) is -1.64. The van der Waals surface area contributed by atoms with Crippen LogP contribution in [0.2, 0.25) is 15.1 Å². The lowest BCUT2D eigenvalue weighted by molar-refractivity contribution is 0.0594. The SMILES string of the molecule is COC(=O)c1nc(-c2ccc(Cl)c(OC)c2F)cc(Cl)c1Cl. The number of aromatic nitrogens is 1. The second kappa shape index (κ2) is 6.69. The van der Waals surface area contributed by atoms with Crippen LogP contribution in [0.1, 0.15) is 10.5 Å². The van der Waals surface area contributed by atoms with Gasteiger partial charge in [-0.05, 0) is 18.2 Å². The van der Waals surface area contributed by atoms with Crippen molar-refractivity contribution >= 4 is 40.8 Å². The van der Waals surface area contributed by atoms with Gasteiger partial charge in [0.05, 0.1) is 35.0 Å². The second-order valence-electron chi connectivity index (χ2n) is 4.09. The summed E-state index contributed by atoms with van der Waals surface area (Å²) in [6, 6.07) is 4.18. The molecule has 0 bridgehead atoms. The Labute approximate surface area is 140 Å². The minimum atomic E-state index is -0.782. The first-order chi connectivity index (χ1) is 10.4. The summed E-state index contributed by atoms with van der Waals surface area (Å²) in [5.41, 5.74) is -0.0489. The Hall–Kier alpha value is -1.56. The van der Waals surface area contributed by atoms with Crippen LogP contribution in [0.15, 0.2) is 18.2 Å². The van der Waals surface area contributed by atoms with Crippen molar-refractivity contribution < 1.29 is 18.7 Å². The highest BCUT2D eigenvalue weighted by Crippen LogP contribution is 2.36. The normalized spacial score (nSPS) is 10.5. The van der Waals surface area contributed by atoms with E-state index in [2.05, 4.69) is 9.72 Å². The quantitative estimate of drug-likeness (QED) is 0.744. The number of halogens is 4. The molecule has 4 nitrogen and oxygen atoms in total. The van der Waals surface area contributed by atoms with Gasteiger partial charge in [0, 0.05) is 5.56 Å². The molecule has 0 spiro atoms. The van der Waals surface area contributed by atoms with E-state index in [4.69, 9.17) is 39.5 Å². The van der Waals surface area contributed by atoms with E-state index in [0.29, 0.717) is 0 Å². The van der Waals surface area contributed by atoms with Gasteiger partial charge in [-0.25, -0.2) is 14.2 Å². The van der Waals surface area contributed by atoms with E-state index in [0.717, 1.165) is 0 Å². The lowest BCUT2D eigenvalue weighted by Crippen LogP contribution is -2.07. The lowest BCUT2D eigenvalue weighted by Gasteiger charge is -2.11. The molecule has 22 heavy (non-hydrogen) atoms. The molecule has 1 heterocycles. The van der Waals surface area contributed by atoms with Gasteiger partial charge in [-0.2, -0.15) is 0 Å². The predicted molar refractivity (Wildman–Crippen MR) is 82.6 cm³/mol. The van der Waals surface area contributed by atoms with E-state index in [9.17, 15) is 9.18 Å². The number of pyridine rings is 1. The van der Waals surface area contributed by atoms with E-state index < -0.39 is 11.8 Å².